The molecule has 0 saturated heterocycles. The summed E-state index contributed by atoms with van der Waals surface area (Å²) in [5, 5.41) is 2.82. The van der Waals surface area contributed by atoms with Crippen molar-refractivity contribution in [1.29, 1.82) is 0 Å². The number of hydrogen-bond donors (Lipinski definition) is 1. The van der Waals surface area contributed by atoms with E-state index in [1.165, 1.54) is 0 Å². The molecule has 1 heterocycles. The van der Waals surface area contributed by atoms with Gasteiger partial charge < -0.3 is 19.7 Å². The summed E-state index contributed by atoms with van der Waals surface area (Å²) in [4.78, 5) is 26.2. The molecule has 0 saturated carbocycles. The minimum Gasteiger partial charge on any atom is -0.497 e. The molecular weight excluding hydrogens is 320 g/mol. The second kappa shape index (κ2) is 7.25. The predicted octanol–water partition coefficient (Wildman–Crippen LogP) is 2.84. The molecule has 0 fully saturated rings. The van der Waals surface area contributed by atoms with Crippen molar-refractivity contribution in [2.24, 2.45) is 0 Å². The van der Waals surface area contributed by atoms with E-state index in [0.29, 0.717) is 23.7 Å². The summed E-state index contributed by atoms with van der Waals surface area (Å²) in [6, 6.07) is 14.4. The lowest BCUT2D eigenvalue weighted by Gasteiger charge is -2.32. The highest BCUT2D eigenvalue weighted by Gasteiger charge is 2.31. The van der Waals surface area contributed by atoms with Crippen LogP contribution in [0.15, 0.2) is 48.5 Å². The normalized spacial score (nSPS) is 16.0. The molecule has 2 amide bonds. The molecule has 1 unspecified atom stereocenters. The SMILES string of the molecule is COc1ccc(NC(=O)CCN2C(=O)C(C)Oc3ccccc32)cc1. The van der Waals surface area contributed by atoms with Crippen LogP contribution in [-0.4, -0.2) is 31.6 Å². The fraction of sp³-hybridized carbons (Fsp3) is 0.263. The van der Waals surface area contributed by atoms with Gasteiger partial charge in [0.15, 0.2) is 6.10 Å². The van der Waals surface area contributed by atoms with Crippen molar-refractivity contribution in [1.82, 2.24) is 0 Å². The monoisotopic (exact) mass is 340 g/mol. The van der Waals surface area contributed by atoms with Gasteiger partial charge in [0.2, 0.25) is 5.91 Å². The first kappa shape index (κ1) is 16.8. The Bertz CT molecular complexity index is 773. The second-order valence-corrected chi connectivity index (χ2v) is 5.74. The number of anilines is 2. The maximum atomic E-state index is 12.4. The largest absolute Gasteiger partial charge is 0.497 e. The van der Waals surface area contributed by atoms with Gasteiger partial charge in [-0.1, -0.05) is 12.1 Å². The molecule has 1 N–H and O–H groups in total. The molecule has 2 aromatic rings. The Morgan fingerprint density at radius 2 is 1.92 bits per heavy atom. The van der Waals surface area contributed by atoms with E-state index >= 15 is 0 Å². The number of rotatable bonds is 5. The Hall–Kier alpha value is -3.02. The van der Waals surface area contributed by atoms with Gasteiger partial charge >= 0.3 is 0 Å². The Balaban J connectivity index is 1.64. The Labute approximate surface area is 146 Å². The van der Waals surface area contributed by atoms with Crippen LogP contribution in [0.2, 0.25) is 0 Å². The Morgan fingerprint density at radius 3 is 2.64 bits per heavy atom. The van der Waals surface area contributed by atoms with Crippen molar-refractivity contribution in [3.8, 4) is 11.5 Å². The van der Waals surface area contributed by atoms with Crippen LogP contribution in [0, 0.1) is 0 Å². The molecule has 6 nitrogen and oxygen atoms in total. The molecule has 0 radical (unpaired) electrons. The van der Waals surface area contributed by atoms with Gasteiger partial charge in [0.05, 0.1) is 12.8 Å². The van der Waals surface area contributed by atoms with E-state index in [4.69, 9.17) is 9.47 Å². The number of benzene rings is 2. The summed E-state index contributed by atoms with van der Waals surface area (Å²) in [6.07, 6.45) is -0.363. The zero-order chi connectivity index (χ0) is 17.8. The van der Waals surface area contributed by atoms with Crippen LogP contribution >= 0.6 is 0 Å². The van der Waals surface area contributed by atoms with E-state index < -0.39 is 6.10 Å². The maximum absolute atomic E-state index is 12.4. The van der Waals surface area contributed by atoms with Crippen molar-refractivity contribution in [2.75, 3.05) is 23.9 Å². The van der Waals surface area contributed by atoms with Gasteiger partial charge in [-0.3, -0.25) is 9.59 Å². The van der Waals surface area contributed by atoms with E-state index in [0.717, 1.165) is 5.75 Å². The zero-order valence-electron chi connectivity index (χ0n) is 14.2. The number of carbonyl (C=O) groups excluding carboxylic acids is 2. The fourth-order valence-electron chi connectivity index (χ4n) is 2.70. The fourth-order valence-corrected chi connectivity index (χ4v) is 2.70. The third-order valence-electron chi connectivity index (χ3n) is 4.01. The first-order valence-corrected chi connectivity index (χ1v) is 8.09. The lowest BCUT2D eigenvalue weighted by molar-refractivity contribution is -0.125. The standard InChI is InChI=1S/C19H20N2O4/c1-13-19(23)21(16-5-3-4-6-17(16)25-13)12-11-18(22)20-14-7-9-15(24-2)10-8-14/h3-10,13H,11-12H2,1-2H3,(H,20,22). The predicted molar refractivity (Wildman–Crippen MR) is 95.1 cm³/mol. The van der Waals surface area contributed by atoms with E-state index in [-0.39, 0.29) is 18.2 Å². The molecule has 0 aliphatic carbocycles. The van der Waals surface area contributed by atoms with Gasteiger partial charge in [-0.15, -0.1) is 0 Å². The molecule has 6 heteroatoms. The van der Waals surface area contributed by atoms with Crippen molar-refractivity contribution in [3.63, 3.8) is 0 Å². The highest BCUT2D eigenvalue weighted by molar-refractivity contribution is 6.00. The number of carbonyl (C=O) groups is 2. The van der Waals surface area contributed by atoms with Gasteiger partial charge in [0.1, 0.15) is 11.5 Å². The van der Waals surface area contributed by atoms with Gasteiger partial charge in [0, 0.05) is 18.7 Å². The number of ether oxygens (including phenoxy) is 2. The van der Waals surface area contributed by atoms with Gasteiger partial charge in [-0.25, -0.2) is 0 Å². The summed E-state index contributed by atoms with van der Waals surface area (Å²) in [5.74, 6) is 1.08. The molecule has 1 aliphatic heterocycles. The van der Waals surface area contributed by atoms with Gasteiger partial charge in [-0.2, -0.15) is 0 Å². The topological polar surface area (TPSA) is 67.9 Å². The number of fused-ring (bicyclic) bond motifs is 1. The molecule has 2 aromatic carbocycles. The van der Waals surface area contributed by atoms with Crippen molar-refractivity contribution < 1.29 is 19.1 Å². The molecule has 1 atom stereocenters. The average molecular weight is 340 g/mol. The molecule has 3 rings (SSSR count). The molecule has 130 valence electrons. The third-order valence-corrected chi connectivity index (χ3v) is 4.01. The molecular formula is C19H20N2O4. The molecule has 25 heavy (non-hydrogen) atoms. The van der Waals surface area contributed by atoms with E-state index in [9.17, 15) is 9.59 Å². The number of nitrogens with one attached hydrogen (secondary N) is 1. The quantitative estimate of drug-likeness (QED) is 0.909. The van der Waals surface area contributed by atoms with Crippen molar-refractivity contribution in [3.05, 3.63) is 48.5 Å². The highest BCUT2D eigenvalue weighted by atomic mass is 16.5. The number of hydrogen-bond acceptors (Lipinski definition) is 4. The van der Waals surface area contributed by atoms with E-state index in [1.54, 1.807) is 43.2 Å². The second-order valence-electron chi connectivity index (χ2n) is 5.74. The summed E-state index contributed by atoms with van der Waals surface area (Å²) in [5.41, 5.74) is 1.38. The minimum atomic E-state index is -0.556. The zero-order valence-corrected chi connectivity index (χ0v) is 14.2. The summed E-state index contributed by atoms with van der Waals surface area (Å²) >= 11 is 0. The molecule has 0 spiro atoms. The molecule has 1 aliphatic rings. The third kappa shape index (κ3) is 3.74. The number of methoxy groups -OCH3 is 1. The average Bonchev–Trinajstić information content (AvgIpc) is 2.63. The first-order chi connectivity index (χ1) is 12.1. The first-order valence-electron chi connectivity index (χ1n) is 8.09. The number of nitrogens with zero attached hydrogens (tertiary/aromatic N) is 1. The molecule has 0 aromatic heterocycles. The lowest BCUT2D eigenvalue weighted by Crippen LogP contribution is -2.45. The Kier molecular flexibility index (Phi) is 4.88. The van der Waals surface area contributed by atoms with Crippen LogP contribution in [0.1, 0.15) is 13.3 Å². The van der Waals surface area contributed by atoms with Gasteiger partial charge in [-0.05, 0) is 43.3 Å². The van der Waals surface area contributed by atoms with Crippen LogP contribution in [0.25, 0.3) is 0 Å². The maximum Gasteiger partial charge on any atom is 0.267 e. The van der Waals surface area contributed by atoms with E-state index in [1.807, 2.05) is 24.3 Å². The van der Waals surface area contributed by atoms with Gasteiger partial charge in [0.25, 0.3) is 5.91 Å². The van der Waals surface area contributed by atoms with Crippen LogP contribution in [0.3, 0.4) is 0 Å². The van der Waals surface area contributed by atoms with Crippen LogP contribution in [0.5, 0.6) is 11.5 Å². The number of amides is 2. The minimum absolute atomic E-state index is 0.143. The highest BCUT2D eigenvalue weighted by Crippen LogP contribution is 2.33. The van der Waals surface area contributed by atoms with Crippen molar-refractivity contribution in [2.45, 2.75) is 19.4 Å². The Morgan fingerprint density at radius 1 is 1.20 bits per heavy atom. The molecule has 0 bridgehead atoms. The van der Waals surface area contributed by atoms with Crippen LogP contribution in [0.4, 0.5) is 11.4 Å². The van der Waals surface area contributed by atoms with E-state index in [2.05, 4.69) is 5.32 Å². The summed E-state index contributed by atoms with van der Waals surface area (Å²) < 4.78 is 10.7. The smallest absolute Gasteiger partial charge is 0.267 e. The lowest BCUT2D eigenvalue weighted by atomic mass is 10.1. The van der Waals surface area contributed by atoms with Crippen LogP contribution < -0.4 is 19.7 Å². The van der Waals surface area contributed by atoms with Crippen LogP contribution in [-0.2, 0) is 9.59 Å². The summed E-state index contributed by atoms with van der Waals surface area (Å²) in [6.45, 7) is 2.01. The van der Waals surface area contributed by atoms with Crippen molar-refractivity contribution >= 4 is 23.2 Å². The summed E-state index contributed by atoms with van der Waals surface area (Å²) in [7, 11) is 1.59. The number of para-hydroxylation sites is 2.